The summed E-state index contributed by atoms with van der Waals surface area (Å²) in [7, 11) is 0. The zero-order valence-electron chi connectivity index (χ0n) is 30.2. The van der Waals surface area contributed by atoms with Crippen LogP contribution in [0.1, 0.15) is 0 Å². The first-order valence-corrected chi connectivity index (χ1v) is 18.5. The van der Waals surface area contributed by atoms with E-state index in [1.165, 1.54) is 0 Å². The minimum atomic E-state index is 0.607. The van der Waals surface area contributed by atoms with Crippen molar-refractivity contribution in [2.45, 2.75) is 0 Å². The monoisotopic (exact) mass is 732 g/mol. The second kappa shape index (κ2) is 13.4. The molecule has 11 rings (SSSR count). The van der Waals surface area contributed by atoms with E-state index in [9.17, 15) is 0 Å². The molecule has 0 saturated heterocycles. The summed E-state index contributed by atoms with van der Waals surface area (Å²) >= 11 is 0. The van der Waals surface area contributed by atoms with Crippen molar-refractivity contribution in [1.29, 1.82) is 0 Å². The fourth-order valence-corrected chi connectivity index (χ4v) is 7.38. The van der Waals surface area contributed by atoms with Crippen molar-refractivity contribution in [3.8, 4) is 68.1 Å². The number of furan rings is 1. The second-order valence-electron chi connectivity index (χ2n) is 13.7. The minimum absolute atomic E-state index is 0.607. The number of para-hydroxylation sites is 2. The van der Waals surface area contributed by atoms with Gasteiger partial charge in [-0.2, -0.15) is 0 Å². The Morgan fingerprint density at radius 2 is 0.737 bits per heavy atom. The molecule has 0 fully saturated rings. The standard InChI is InChI=1S/C48H28N8O/c1-3-11-29(12-4-1)47-53-39(25-41(55-47)45-33-15-7-9-17-37(33)49-27-51-45)31-19-21-43-35(23-31)36-24-32(20-22-44(36)57-43)40-26-42(56-48(54-40)30-13-5-2-6-14-30)46-34-16-8-10-18-38(34)50-28-52-46/h1-28H. The molecular formula is C48H28N8O. The molecule has 11 aromatic rings. The minimum Gasteiger partial charge on any atom is -0.456 e. The Bertz CT molecular complexity index is 3080. The SMILES string of the molecule is c1ccc(-c2nc(-c3ccc4oc5ccc(-c6cc(-c7ncnc8ccccc78)nc(-c7ccccc7)n6)cc5c4c3)cc(-c3ncnc4ccccc34)n2)cc1. The molecule has 0 saturated carbocycles. The number of hydrogen-bond acceptors (Lipinski definition) is 9. The summed E-state index contributed by atoms with van der Waals surface area (Å²) in [4.78, 5) is 38.6. The lowest BCUT2D eigenvalue weighted by atomic mass is 10.0. The van der Waals surface area contributed by atoms with E-state index in [4.69, 9.17) is 34.3 Å². The van der Waals surface area contributed by atoms with Crippen LogP contribution in [-0.2, 0) is 0 Å². The molecule has 0 amide bonds. The van der Waals surface area contributed by atoms with Crippen LogP contribution in [0, 0.1) is 0 Å². The first-order chi connectivity index (χ1) is 28.2. The van der Waals surface area contributed by atoms with E-state index in [1.54, 1.807) is 12.7 Å². The van der Waals surface area contributed by atoms with E-state index in [0.29, 0.717) is 23.0 Å². The van der Waals surface area contributed by atoms with Crippen LogP contribution in [0.3, 0.4) is 0 Å². The summed E-state index contributed by atoms with van der Waals surface area (Å²) in [6.07, 6.45) is 3.17. The van der Waals surface area contributed by atoms with E-state index in [-0.39, 0.29) is 0 Å². The van der Waals surface area contributed by atoms with Crippen molar-refractivity contribution in [3.63, 3.8) is 0 Å². The van der Waals surface area contributed by atoms with Gasteiger partial charge in [-0.3, -0.25) is 0 Å². The van der Waals surface area contributed by atoms with Gasteiger partial charge in [-0.25, -0.2) is 39.9 Å². The van der Waals surface area contributed by atoms with Crippen molar-refractivity contribution in [2.24, 2.45) is 0 Å². The molecule has 5 heterocycles. The molecule has 0 spiro atoms. The summed E-state index contributed by atoms with van der Waals surface area (Å²) in [5.74, 6) is 1.21. The average molecular weight is 733 g/mol. The third-order valence-electron chi connectivity index (χ3n) is 10.1. The maximum absolute atomic E-state index is 6.40. The van der Waals surface area contributed by atoms with Crippen LogP contribution in [0.15, 0.2) is 175 Å². The molecule has 0 aliphatic rings. The fourth-order valence-electron chi connectivity index (χ4n) is 7.38. The van der Waals surface area contributed by atoms with Crippen LogP contribution in [0.4, 0.5) is 0 Å². The van der Waals surface area contributed by atoms with Crippen molar-refractivity contribution >= 4 is 43.7 Å². The Morgan fingerprint density at radius 3 is 1.21 bits per heavy atom. The van der Waals surface area contributed by atoms with Crippen LogP contribution in [0.5, 0.6) is 0 Å². The van der Waals surface area contributed by atoms with Crippen LogP contribution in [-0.4, -0.2) is 39.9 Å². The van der Waals surface area contributed by atoms with Crippen LogP contribution in [0.25, 0.3) is 112 Å². The lowest BCUT2D eigenvalue weighted by molar-refractivity contribution is 0.669. The number of aromatic nitrogens is 8. The molecule has 0 aliphatic heterocycles. The highest BCUT2D eigenvalue weighted by molar-refractivity contribution is 6.07. The Balaban J connectivity index is 1.07. The van der Waals surface area contributed by atoms with Gasteiger partial charge in [0.15, 0.2) is 11.6 Å². The molecule has 266 valence electrons. The molecule has 9 nitrogen and oxygen atoms in total. The van der Waals surface area contributed by atoms with Crippen molar-refractivity contribution in [3.05, 3.63) is 170 Å². The van der Waals surface area contributed by atoms with Gasteiger partial charge >= 0.3 is 0 Å². The molecule has 0 atom stereocenters. The summed E-state index contributed by atoms with van der Waals surface area (Å²) in [6.45, 7) is 0. The Labute approximate surface area is 325 Å². The summed E-state index contributed by atoms with van der Waals surface area (Å²) in [5.41, 5.74) is 11.3. The smallest absolute Gasteiger partial charge is 0.160 e. The van der Waals surface area contributed by atoms with Crippen molar-refractivity contribution < 1.29 is 4.42 Å². The molecule has 9 heteroatoms. The lowest BCUT2D eigenvalue weighted by Gasteiger charge is -2.11. The highest BCUT2D eigenvalue weighted by Gasteiger charge is 2.18. The fraction of sp³-hybridized carbons (Fsp3) is 0. The maximum atomic E-state index is 6.40. The molecule has 5 aromatic heterocycles. The van der Waals surface area contributed by atoms with E-state index in [0.717, 1.165) is 88.8 Å². The third kappa shape index (κ3) is 5.82. The van der Waals surface area contributed by atoms with Crippen molar-refractivity contribution in [1.82, 2.24) is 39.9 Å². The summed E-state index contributed by atoms with van der Waals surface area (Å²) < 4.78 is 6.40. The topological polar surface area (TPSA) is 116 Å². The number of hydrogen-bond donors (Lipinski definition) is 0. The molecule has 0 bridgehead atoms. The Kier molecular flexibility index (Phi) is 7.60. The van der Waals surface area contributed by atoms with Gasteiger partial charge in [0.1, 0.15) is 35.2 Å². The molecule has 0 N–H and O–H groups in total. The first-order valence-electron chi connectivity index (χ1n) is 18.5. The highest BCUT2D eigenvalue weighted by Crippen LogP contribution is 2.37. The summed E-state index contributed by atoms with van der Waals surface area (Å²) in [5, 5.41) is 3.75. The van der Waals surface area contributed by atoms with Gasteiger partial charge in [-0.1, -0.05) is 97.1 Å². The van der Waals surface area contributed by atoms with Gasteiger partial charge in [0.2, 0.25) is 0 Å². The van der Waals surface area contributed by atoms with Gasteiger partial charge in [0, 0.05) is 43.8 Å². The van der Waals surface area contributed by atoms with Gasteiger partial charge in [0.05, 0.1) is 33.8 Å². The zero-order chi connectivity index (χ0) is 37.7. The Morgan fingerprint density at radius 1 is 0.316 bits per heavy atom. The molecule has 0 aliphatic carbocycles. The molecule has 57 heavy (non-hydrogen) atoms. The third-order valence-corrected chi connectivity index (χ3v) is 10.1. The van der Waals surface area contributed by atoms with E-state index >= 15 is 0 Å². The van der Waals surface area contributed by atoms with E-state index in [1.807, 2.05) is 146 Å². The predicted octanol–water partition coefficient (Wildman–Crippen LogP) is 11.1. The van der Waals surface area contributed by atoms with Crippen LogP contribution >= 0.6 is 0 Å². The Hall–Kier alpha value is -8.04. The molecule has 0 unspecified atom stereocenters. The number of nitrogens with zero attached hydrogens (tertiary/aromatic N) is 8. The van der Waals surface area contributed by atoms with E-state index < -0.39 is 0 Å². The van der Waals surface area contributed by atoms with Gasteiger partial charge in [0.25, 0.3) is 0 Å². The first kappa shape index (κ1) is 32.4. The summed E-state index contributed by atoms with van der Waals surface area (Å²) in [6, 6.07) is 52.3. The number of rotatable bonds is 6. The lowest BCUT2D eigenvalue weighted by Crippen LogP contribution is -1.98. The quantitative estimate of drug-likeness (QED) is 0.165. The number of fused-ring (bicyclic) bond motifs is 5. The molecule has 0 radical (unpaired) electrons. The highest BCUT2D eigenvalue weighted by atomic mass is 16.3. The normalized spacial score (nSPS) is 11.5. The average Bonchev–Trinajstić information content (AvgIpc) is 3.66. The van der Waals surface area contributed by atoms with E-state index in [2.05, 4.69) is 22.1 Å². The van der Waals surface area contributed by atoms with Gasteiger partial charge < -0.3 is 4.42 Å². The van der Waals surface area contributed by atoms with Crippen molar-refractivity contribution in [2.75, 3.05) is 0 Å². The zero-order valence-corrected chi connectivity index (χ0v) is 30.2. The number of benzene rings is 6. The predicted molar refractivity (Wildman–Crippen MR) is 224 cm³/mol. The second-order valence-corrected chi connectivity index (χ2v) is 13.7. The molecule has 6 aromatic carbocycles. The largest absolute Gasteiger partial charge is 0.456 e. The molecular weight excluding hydrogens is 705 g/mol. The van der Waals surface area contributed by atoms with Crippen LogP contribution < -0.4 is 0 Å². The van der Waals surface area contributed by atoms with Gasteiger partial charge in [-0.15, -0.1) is 0 Å². The van der Waals surface area contributed by atoms with Gasteiger partial charge in [-0.05, 0) is 60.7 Å². The van der Waals surface area contributed by atoms with Crippen LogP contribution in [0.2, 0.25) is 0 Å². The maximum Gasteiger partial charge on any atom is 0.160 e.